The summed E-state index contributed by atoms with van der Waals surface area (Å²) in [5, 5.41) is 9.90. The molecule has 12 heteroatoms. The maximum absolute atomic E-state index is 14.3. The predicted molar refractivity (Wildman–Crippen MR) is 185 cm³/mol. The standard InChI is InChI=1S/C37H53N5O7/c1-2-32(42(27-43)49-34-21-11-14-24-47-34)30(25-28-15-5-3-6-16-28)35(44)40-31(36(45)41-33-20-10-13-22-38-33)19-9-12-23-39-37(46)48-26-29-17-7-4-8-18-29/h4,7-8,10,13,17-18,20,22,27-28,30-32,34H,2-3,5-6,9,11-12,14-16,19,21,23-26H2,1H3,(H,39,46)(H,40,44)(H,38,41,45)/t30-,31+,32+,34?/m1/s1. The Labute approximate surface area is 290 Å². The van der Waals surface area contributed by atoms with Crippen molar-refractivity contribution < 1.29 is 33.5 Å². The van der Waals surface area contributed by atoms with Gasteiger partial charge in [0, 0.05) is 25.8 Å². The molecule has 2 fully saturated rings. The third-order valence-electron chi connectivity index (χ3n) is 9.29. The SMILES string of the molecule is CC[C@@H]([C@@H](CC1CCCCC1)C(=O)N[C@@H](CCCCNC(=O)OCc1ccccc1)C(=O)Nc1ccccn1)N(C=O)OC1CCCCO1. The minimum absolute atomic E-state index is 0.176. The minimum Gasteiger partial charge on any atom is -0.445 e. The van der Waals surface area contributed by atoms with E-state index in [0.717, 1.165) is 44.1 Å². The number of nitrogens with one attached hydrogen (secondary N) is 3. The number of aromatic nitrogens is 1. The van der Waals surface area contributed by atoms with Crippen LogP contribution in [0.25, 0.3) is 0 Å². The summed E-state index contributed by atoms with van der Waals surface area (Å²) in [6.45, 7) is 3.04. The van der Waals surface area contributed by atoms with E-state index in [4.69, 9.17) is 14.3 Å². The van der Waals surface area contributed by atoms with E-state index in [9.17, 15) is 19.2 Å². The molecule has 1 aromatic heterocycles. The molecule has 1 saturated heterocycles. The maximum atomic E-state index is 14.3. The molecule has 12 nitrogen and oxygen atoms in total. The summed E-state index contributed by atoms with van der Waals surface area (Å²) >= 11 is 0. The Morgan fingerprint density at radius 2 is 1.76 bits per heavy atom. The number of hydroxylamine groups is 2. The lowest BCUT2D eigenvalue weighted by molar-refractivity contribution is -0.289. The van der Waals surface area contributed by atoms with Crippen LogP contribution in [-0.2, 0) is 35.3 Å². The first kappa shape index (κ1) is 37.8. The van der Waals surface area contributed by atoms with Gasteiger partial charge in [-0.1, -0.05) is 75.4 Å². The van der Waals surface area contributed by atoms with Crippen LogP contribution in [0.5, 0.6) is 0 Å². The van der Waals surface area contributed by atoms with Gasteiger partial charge in [-0.3, -0.25) is 14.4 Å². The van der Waals surface area contributed by atoms with Crippen LogP contribution in [0, 0.1) is 11.8 Å². The normalized spacial score (nSPS) is 18.3. The molecule has 2 aliphatic rings. The number of nitrogens with zero attached hydrogens (tertiary/aromatic N) is 2. The van der Waals surface area contributed by atoms with E-state index >= 15 is 0 Å². The number of rotatable bonds is 19. The number of benzene rings is 1. The first-order valence-corrected chi connectivity index (χ1v) is 18.0. The molecule has 3 N–H and O–H groups in total. The molecule has 0 radical (unpaired) electrons. The fourth-order valence-electron chi connectivity index (χ4n) is 6.61. The van der Waals surface area contributed by atoms with Crippen LogP contribution in [0.3, 0.4) is 0 Å². The number of hydrogen-bond acceptors (Lipinski definition) is 8. The monoisotopic (exact) mass is 679 g/mol. The highest BCUT2D eigenvalue weighted by atomic mass is 16.8. The zero-order valence-corrected chi connectivity index (χ0v) is 28.7. The second-order valence-electron chi connectivity index (χ2n) is 12.9. The van der Waals surface area contributed by atoms with Gasteiger partial charge >= 0.3 is 6.09 Å². The van der Waals surface area contributed by atoms with Gasteiger partial charge in [-0.15, -0.1) is 0 Å². The van der Waals surface area contributed by atoms with E-state index in [-0.39, 0.29) is 18.4 Å². The third kappa shape index (κ3) is 13.1. The second kappa shape index (κ2) is 21.1. The number of unbranched alkanes of at least 4 members (excludes halogenated alkanes) is 1. The predicted octanol–water partition coefficient (Wildman–Crippen LogP) is 5.88. The van der Waals surface area contributed by atoms with E-state index in [1.807, 2.05) is 37.3 Å². The minimum atomic E-state index is -0.863. The van der Waals surface area contributed by atoms with Crippen molar-refractivity contribution in [2.45, 2.75) is 115 Å². The molecule has 1 aliphatic heterocycles. The quantitative estimate of drug-likeness (QED) is 0.0947. The first-order chi connectivity index (χ1) is 24.0. The molecule has 4 amide bonds. The molecule has 0 spiro atoms. The number of amides is 4. The van der Waals surface area contributed by atoms with Crippen molar-refractivity contribution in [1.29, 1.82) is 0 Å². The zero-order chi connectivity index (χ0) is 34.7. The summed E-state index contributed by atoms with van der Waals surface area (Å²) < 4.78 is 11.0. The van der Waals surface area contributed by atoms with E-state index in [1.165, 1.54) is 11.5 Å². The molecule has 1 unspecified atom stereocenters. The van der Waals surface area contributed by atoms with Crippen molar-refractivity contribution >= 4 is 30.1 Å². The van der Waals surface area contributed by atoms with Gasteiger partial charge in [-0.25, -0.2) is 19.7 Å². The molecule has 0 bridgehead atoms. The van der Waals surface area contributed by atoms with Crippen LogP contribution < -0.4 is 16.0 Å². The maximum Gasteiger partial charge on any atom is 0.407 e. The van der Waals surface area contributed by atoms with E-state index in [1.54, 1.807) is 24.4 Å². The van der Waals surface area contributed by atoms with Crippen molar-refractivity contribution in [3.63, 3.8) is 0 Å². The van der Waals surface area contributed by atoms with Crippen molar-refractivity contribution in [3.05, 3.63) is 60.3 Å². The number of pyridine rings is 1. The lowest BCUT2D eigenvalue weighted by Gasteiger charge is -2.37. The Morgan fingerprint density at radius 1 is 0.980 bits per heavy atom. The largest absolute Gasteiger partial charge is 0.445 e. The van der Waals surface area contributed by atoms with Crippen molar-refractivity contribution in [2.75, 3.05) is 18.5 Å². The number of hydrogen-bond donors (Lipinski definition) is 3. The molecule has 268 valence electrons. The fourth-order valence-corrected chi connectivity index (χ4v) is 6.61. The molecular formula is C37H53N5O7. The number of carbonyl (C=O) groups excluding carboxylic acids is 4. The van der Waals surface area contributed by atoms with Gasteiger partial charge in [0.15, 0.2) is 6.29 Å². The zero-order valence-electron chi connectivity index (χ0n) is 28.7. The molecule has 2 aromatic rings. The highest BCUT2D eigenvalue weighted by Gasteiger charge is 2.37. The smallest absolute Gasteiger partial charge is 0.407 e. The van der Waals surface area contributed by atoms with Crippen LogP contribution in [0.4, 0.5) is 10.6 Å². The molecule has 4 rings (SSSR count). The van der Waals surface area contributed by atoms with E-state index in [2.05, 4.69) is 20.9 Å². The second-order valence-corrected chi connectivity index (χ2v) is 12.9. The Bertz CT molecular complexity index is 1270. The Morgan fingerprint density at radius 3 is 2.45 bits per heavy atom. The summed E-state index contributed by atoms with van der Waals surface area (Å²) in [6, 6.07) is 13.3. The Hall–Kier alpha value is -4.03. The van der Waals surface area contributed by atoms with E-state index < -0.39 is 30.4 Å². The molecular weight excluding hydrogens is 626 g/mol. The molecule has 1 saturated carbocycles. The number of carbonyl (C=O) groups is 4. The third-order valence-corrected chi connectivity index (χ3v) is 9.29. The Kier molecular flexibility index (Phi) is 16.3. The summed E-state index contributed by atoms with van der Waals surface area (Å²) in [7, 11) is 0. The average molecular weight is 680 g/mol. The highest BCUT2D eigenvalue weighted by Crippen LogP contribution is 2.33. The number of ether oxygens (including phenoxy) is 2. The van der Waals surface area contributed by atoms with E-state index in [0.29, 0.717) is 69.8 Å². The molecule has 49 heavy (non-hydrogen) atoms. The Balaban J connectivity index is 1.41. The number of alkyl carbamates (subject to hydrolysis) is 1. The molecule has 2 heterocycles. The lowest BCUT2D eigenvalue weighted by atomic mass is 9.79. The van der Waals surface area contributed by atoms with Crippen LogP contribution in [-0.4, -0.2) is 65.9 Å². The van der Waals surface area contributed by atoms with Crippen LogP contribution in [0.2, 0.25) is 0 Å². The van der Waals surface area contributed by atoms with Gasteiger partial charge in [-0.05, 0) is 68.6 Å². The lowest BCUT2D eigenvalue weighted by Crippen LogP contribution is -2.52. The topological polar surface area (TPSA) is 148 Å². The van der Waals surface area contributed by atoms with Gasteiger partial charge in [0.1, 0.15) is 18.5 Å². The number of anilines is 1. The summed E-state index contributed by atoms with van der Waals surface area (Å²) in [4.78, 5) is 62.7. The van der Waals surface area contributed by atoms with Gasteiger partial charge in [-0.2, -0.15) is 0 Å². The van der Waals surface area contributed by atoms with Gasteiger partial charge in [0.2, 0.25) is 18.2 Å². The summed E-state index contributed by atoms with van der Waals surface area (Å²) in [5.41, 5.74) is 0.896. The molecule has 1 aliphatic carbocycles. The van der Waals surface area contributed by atoms with Crippen molar-refractivity contribution in [2.24, 2.45) is 11.8 Å². The van der Waals surface area contributed by atoms with Gasteiger partial charge in [0.25, 0.3) is 0 Å². The van der Waals surface area contributed by atoms with Crippen molar-refractivity contribution in [3.8, 4) is 0 Å². The average Bonchev–Trinajstić information content (AvgIpc) is 3.14. The van der Waals surface area contributed by atoms with Gasteiger partial charge in [0.05, 0.1) is 12.0 Å². The van der Waals surface area contributed by atoms with Crippen LogP contribution in [0.1, 0.15) is 96.0 Å². The first-order valence-electron chi connectivity index (χ1n) is 18.0. The van der Waals surface area contributed by atoms with Crippen LogP contribution in [0.15, 0.2) is 54.7 Å². The highest BCUT2D eigenvalue weighted by molar-refractivity contribution is 5.96. The van der Waals surface area contributed by atoms with Crippen LogP contribution >= 0.6 is 0 Å². The summed E-state index contributed by atoms with van der Waals surface area (Å²) in [6.07, 6.45) is 11.7. The van der Waals surface area contributed by atoms with Gasteiger partial charge < -0.3 is 25.4 Å². The van der Waals surface area contributed by atoms with Crippen molar-refractivity contribution in [1.82, 2.24) is 20.7 Å². The molecule has 4 atom stereocenters. The molecule has 1 aromatic carbocycles. The fraction of sp³-hybridized carbons (Fsp3) is 0.595. The summed E-state index contributed by atoms with van der Waals surface area (Å²) in [5.74, 6) is -0.542.